The number of rotatable bonds is 2. The molecule has 24 heavy (non-hydrogen) atoms. The molecule has 0 aromatic heterocycles. The van der Waals surface area contributed by atoms with Gasteiger partial charge < -0.3 is 15.1 Å². The highest BCUT2D eigenvalue weighted by Gasteiger charge is 2.22. The van der Waals surface area contributed by atoms with E-state index in [0.29, 0.717) is 0 Å². The lowest BCUT2D eigenvalue weighted by Crippen LogP contribution is -2.50. The maximum atomic E-state index is 12.5. The molecule has 1 heterocycles. The van der Waals surface area contributed by atoms with E-state index in [2.05, 4.69) is 55.3 Å². The van der Waals surface area contributed by atoms with Gasteiger partial charge in [-0.15, -0.1) is 0 Å². The van der Waals surface area contributed by atoms with Crippen molar-refractivity contribution in [2.75, 3.05) is 36.4 Å². The molecule has 2 amide bonds. The maximum absolute atomic E-state index is 12.5. The molecule has 3 rings (SSSR count). The van der Waals surface area contributed by atoms with Gasteiger partial charge in [0.05, 0.1) is 0 Å². The third-order valence-electron chi connectivity index (χ3n) is 4.78. The fraction of sp³-hybridized carbons (Fsp3) is 0.350. The van der Waals surface area contributed by atoms with Crippen molar-refractivity contribution in [2.45, 2.75) is 20.8 Å². The first-order chi connectivity index (χ1) is 11.5. The summed E-state index contributed by atoms with van der Waals surface area (Å²) >= 11 is 0. The minimum absolute atomic E-state index is 0.0114. The fourth-order valence-corrected chi connectivity index (χ4v) is 3.09. The lowest BCUT2D eigenvalue weighted by molar-refractivity contribution is 0.208. The second-order valence-corrected chi connectivity index (χ2v) is 6.49. The van der Waals surface area contributed by atoms with Crippen molar-refractivity contribution in [3.63, 3.8) is 0 Å². The molecular formula is C20H25N3O. The number of hydrogen-bond acceptors (Lipinski definition) is 2. The highest BCUT2D eigenvalue weighted by molar-refractivity contribution is 5.89. The average Bonchev–Trinajstić information content (AvgIpc) is 2.59. The molecule has 1 aliphatic heterocycles. The van der Waals surface area contributed by atoms with Crippen LogP contribution in [0.3, 0.4) is 0 Å². The van der Waals surface area contributed by atoms with E-state index < -0.39 is 0 Å². The molecule has 4 nitrogen and oxygen atoms in total. The predicted molar refractivity (Wildman–Crippen MR) is 99.9 cm³/mol. The molecule has 0 bridgehead atoms. The molecule has 4 heteroatoms. The summed E-state index contributed by atoms with van der Waals surface area (Å²) in [6.07, 6.45) is 0. The Kier molecular flexibility index (Phi) is 4.74. The number of nitrogens with one attached hydrogen (secondary N) is 1. The number of anilines is 2. The summed E-state index contributed by atoms with van der Waals surface area (Å²) in [5.41, 5.74) is 5.85. The van der Waals surface area contributed by atoms with E-state index in [1.165, 1.54) is 22.4 Å². The van der Waals surface area contributed by atoms with Gasteiger partial charge >= 0.3 is 6.03 Å². The Hall–Kier alpha value is -2.49. The smallest absolute Gasteiger partial charge is 0.321 e. The molecule has 0 atom stereocenters. The molecule has 126 valence electrons. The van der Waals surface area contributed by atoms with Gasteiger partial charge in [-0.05, 0) is 55.7 Å². The summed E-state index contributed by atoms with van der Waals surface area (Å²) < 4.78 is 0. The number of nitrogens with zero attached hydrogens (tertiary/aromatic N) is 2. The number of amides is 2. The second-order valence-electron chi connectivity index (χ2n) is 6.49. The third-order valence-corrected chi connectivity index (χ3v) is 4.78. The van der Waals surface area contributed by atoms with Crippen molar-refractivity contribution in [3.05, 3.63) is 59.2 Å². The van der Waals surface area contributed by atoms with E-state index in [0.717, 1.165) is 31.9 Å². The van der Waals surface area contributed by atoms with Crippen LogP contribution in [0.25, 0.3) is 0 Å². The van der Waals surface area contributed by atoms with Gasteiger partial charge in [-0.1, -0.05) is 24.3 Å². The van der Waals surface area contributed by atoms with Gasteiger partial charge in [0.15, 0.2) is 0 Å². The number of hydrogen-bond donors (Lipinski definition) is 1. The van der Waals surface area contributed by atoms with Crippen LogP contribution in [0.2, 0.25) is 0 Å². The van der Waals surface area contributed by atoms with Crippen LogP contribution < -0.4 is 10.2 Å². The van der Waals surface area contributed by atoms with Gasteiger partial charge in [-0.3, -0.25) is 0 Å². The average molecular weight is 323 g/mol. The largest absolute Gasteiger partial charge is 0.368 e. The molecule has 0 aliphatic carbocycles. The number of aryl methyl sites for hydroxylation is 3. The zero-order chi connectivity index (χ0) is 17.1. The molecule has 1 fully saturated rings. The topological polar surface area (TPSA) is 35.6 Å². The van der Waals surface area contributed by atoms with E-state index >= 15 is 0 Å². The number of carbonyl (C=O) groups excluding carboxylic acids is 1. The third kappa shape index (κ3) is 3.53. The maximum Gasteiger partial charge on any atom is 0.321 e. The van der Waals surface area contributed by atoms with E-state index in [4.69, 9.17) is 0 Å². The lowest BCUT2D eigenvalue weighted by atomic mass is 10.1. The summed E-state index contributed by atoms with van der Waals surface area (Å²) in [6, 6.07) is 14.4. The number of piperazine rings is 1. The second kappa shape index (κ2) is 6.95. The zero-order valence-electron chi connectivity index (χ0n) is 14.7. The van der Waals surface area contributed by atoms with Crippen LogP contribution in [0.1, 0.15) is 16.7 Å². The molecule has 1 N–H and O–H groups in total. The van der Waals surface area contributed by atoms with E-state index in [-0.39, 0.29) is 6.03 Å². The Morgan fingerprint density at radius 2 is 1.58 bits per heavy atom. The van der Waals surface area contributed by atoms with Crippen molar-refractivity contribution < 1.29 is 4.79 Å². The summed E-state index contributed by atoms with van der Waals surface area (Å²) in [5.74, 6) is 0. The fourth-order valence-electron chi connectivity index (χ4n) is 3.09. The monoisotopic (exact) mass is 323 g/mol. The van der Waals surface area contributed by atoms with Crippen LogP contribution in [-0.2, 0) is 0 Å². The Morgan fingerprint density at radius 3 is 2.25 bits per heavy atom. The first kappa shape index (κ1) is 16.4. The van der Waals surface area contributed by atoms with E-state index in [1.54, 1.807) is 0 Å². The minimum atomic E-state index is -0.0114. The van der Waals surface area contributed by atoms with Gasteiger partial charge in [0.1, 0.15) is 0 Å². The van der Waals surface area contributed by atoms with E-state index in [9.17, 15) is 4.79 Å². The van der Waals surface area contributed by atoms with Crippen molar-refractivity contribution >= 4 is 17.4 Å². The molecule has 2 aromatic rings. The Balaban J connectivity index is 1.59. The van der Waals surface area contributed by atoms with Gasteiger partial charge in [0, 0.05) is 37.6 Å². The molecule has 0 radical (unpaired) electrons. The van der Waals surface area contributed by atoms with Crippen LogP contribution in [0.4, 0.5) is 16.2 Å². The molecule has 1 aliphatic rings. The van der Waals surface area contributed by atoms with Crippen molar-refractivity contribution in [3.8, 4) is 0 Å². The molecule has 0 spiro atoms. The van der Waals surface area contributed by atoms with Crippen LogP contribution >= 0.6 is 0 Å². The lowest BCUT2D eigenvalue weighted by Gasteiger charge is -2.36. The summed E-state index contributed by atoms with van der Waals surface area (Å²) in [6.45, 7) is 9.48. The molecule has 1 saturated heterocycles. The molecule has 0 saturated carbocycles. The Morgan fingerprint density at radius 1 is 0.875 bits per heavy atom. The minimum Gasteiger partial charge on any atom is -0.368 e. The number of benzene rings is 2. The summed E-state index contributed by atoms with van der Waals surface area (Å²) in [7, 11) is 0. The quantitative estimate of drug-likeness (QED) is 0.908. The Bertz CT molecular complexity index is 733. The Labute approximate surface area is 144 Å². The van der Waals surface area contributed by atoms with E-state index in [1.807, 2.05) is 23.1 Å². The zero-order valence-corrected chi connectivity index (χ0v) is 14.7. The number of para-hydroxylation sites is 1. The van der Waals surface area contributed by atoms with Crippen molar-refractivity contribution in [1.82, 2.24) is 4.90 Å². The van der Waals surface area contributed by atoms with Gasteiger partial charge in [0.25, 0.3) is 0 Å². The van der Waals surface area contributed by atoms with Gasteiger partial charge in [0.2, 0.25) is 0 Å². The summed E-state index contributed by atoms with van der Waals surface area (Å²) in [4.78, 5) is 16.7. The number of urea groups is 1. The van der Waals surface area contributed by atoms with Crippen LogP contribution in [0, 0.1) is 20.8 Å². The highest BCUT2D eigenvalue weighted by Crippen LogP contribution is 2.21. The molecule has 2 aromatic carbocycles. The predicted octanol–water partition coefficient (Wildman–Crippen LogP) is 3.97. The summed E-state index contributed by atoms with van der Waals surface area (Å²) in [5, 5.41) is 3.01. The standard InChI is InChI=1S/C20H25N3O/c1-15-8-9-18(14-17(15)3)21-20(24)23-12-10-22(11-13-23)19-7-5-4-6-16(19)2/h4-9,14H,10-13H2,1-3H3,(H,21,24). The first-order valence-electron chi connectivity index (χ1n) is 8.48. The molecular weight excluding hydrogens is 298 g/mol. The van der Waals surface area contributed by atoms with Gasteiger partial charge in [-0.25, -0.2) is 4.79 Å². The van der Waals surface area contributed by atoms with Gasteiger partial charge in [-0.2, -0.15) is 0 Å². The number of carbonyl (C=O) groups is 1. The first-order valence-corrected chi connectivity index (χ1v) is 8.48. The van der Waals surface area contributed by atoms with Crippen LogP contribution in [0.5, 0.6) is 0 Å². The normalized spacial score (nSPS) is 14.6. The molecule has 0 unspecified atom stereocenters. The van der Waals surface area contributed by atoms with Crippen molar-refractivity contribution in [1.29, 1.82) is 0 Å². The van der Waals surface area contributed by atoms with Crippen molar-refractivity contribution in [2.24, 2.45) is 0 Å². The SMILES string of the molecule is Cc1ccc(NC(=O)N2CCN(c3ccccc3C)CC2)cc1C. The van der Waals surface area contributed by atoms with Crippen LogP contribution in [0.15, 0.2) is 42.5 Å². The highest BCUT2D eigenvalue weighted by atomic mass is 16.2. The van der Waals surface area contributed by atoms with Crippen LogP contribution in [-0.4, -0.2) is 37.1 Å².